The van der Waals surface area contributed by atoms with Crippen LogP contribution in [0.25, 0.3) is 22.3 Å². The predicted molar refractivity (Wildman–Crippen MR) is 246 cm³/mol. The summed E-state index contributed by atoms with van der Waals surface area (Å²) in [6.07, 6.45) is 8.12. The Kier molecular flexibility index (Phi) is 6.83. The van der Waals surface area contributed by atoms with Crippen molar-refractivity contribution in [1.82, 2.24) is 0 Å². The van der Waals surface area contributed by atoms with E-state index in [4.69, 9.17) is 0 Å². The molecule has 6 aromatic carbocycles. The SMILES string of the molecule is CC1(C)CCC(C)(C)c2c(N(c3ccc4c(c3)C(C)(C)c3ccccc3-4)c3ccc4c(c3)C3(c5c(cccc5-c5ccccc5)S4)C4CC5CC6CC3C64C5)cccc21. The van der Waals surface area contributed by atoms with Crippen LogP contribution in [0.15, 0.2) is 137 Å². The van der Waals surface area contributed by atoms with Crippen molar-refractivity contribution in [3.05, 3.63) is 161 Å². The maximum Gasteiger partial charge on any atom is 0.0502 e. The lowest BCUT2D eigenvalue weighted by atomic mass is 9.26. The molecule has 0 saturated heterocycles. The highest BCUT2D eigenvalue weighted by Crippen LogP contribution is 2.89. The monoisotopic (exact) mass is 785 g/mol. The molecule has 0 radical (unpaired) electrons. The standard InChI is InChI=1S/C57H55NS/c1-53(2)26-27-54(3,4)52-43(53)19-13-20-46(52)58(37-22-24-41-40-16-10-11-18-42(40)55(5,6)44(41)31-37)38-23-25-47-45(32-38)57(49-29-34-28-36-30-50(57)56(36,49)33-34)51-39(17-12-21-48(51)59-47)35-14-8-7-9-15-35/h7-25,31-32,34,36,49-50H,26-30,33H2,1-6H3. The summed E-state index contributed by atoms with van der Waals surface area (Å²) in [6.45, 7) is 14.8. The quantitative estimate of drug-likeness (QED) is 0.175. The van der Waals surface area contributed by atoms with Gasteiger partial charge in [-0.25, -0.2) is 0 Å². The van der Waals surface area contributed by atoms with Crippen molar-refractivity contribution in [2.45, 2.75) is 112 Å². The number of benzene rings is 6. The normalized spacial score (nSPS) is 29.6. The van der Waals surface area contributed by atoms with Crippen LogP contribution in [0.5, 0.6) is 0 Å². The molecule has 6 unspecified atom stereocenters. The van der Waals surface area contributed by atoms with Gasteiger partial charge in [0.15, 0.2) is 0 Å². The van der Waals surface area contributed by atoms with E-state index in [-0.39, 0.29) is 21.7 Å². The summed E-state index contributed by atoms with van der Waals surface area (Å²) >= 11 is 2.04. The van der Waals surface area contributed by atoms with Crippen LogP contribution >= 0.6 is 11.8 Å². The van der Waals surface area contributed by atoms with Crippen molar-refractivity contribution in [2.24, 2.45) is 29.1 Å². The number of fused-ring (bicyclic) bond motifs is 11. The van der Waals surface area contributed by atoms with Gasteiger partial charge in [-0.1, -0.05) is 138 Å². The average Bonchev–Trinajstić information content (AvgIpc) is 3.85. The number of nitrogens with zero attached hydrogens (tertiary/aromatic N) is 1. The van der Waals surface area contributed by atoms with Crippen LogP contribution in [0.2, 0.25) is 0 Å². The van der Waals surface area contributed by atoms with E-state index in [2.05, 4.69) is 174 Å². The van der Waals surface area contributed by atoms with Crippen molar-refractivity contribution in [3.63, 3.8) is 0 Å². The van der Waals surface area contributed by atoms with Gasteiger partial charge < -0.3 is 4.90 Å². The van der Waals surface area contributed by atoms with Gasteiger partial charge in [0, 0.05) is 32.0 Å². The lowest BCUT2D eigenvalue weighted by Crippen LogP contribution is -2.74. The second kappa shape index (κ2) is 11.4. The maximum absolute atomic E-state index is 2.73. The summed E-state index contributed by atoms with van der Waals surface area (Å²) in [4.78, 5) is 5.68. The van der Waals surface area contributed by atoms with Gasteiger partial charge >= 0.3 is 0 Å². The molecule has 294 valence electrons. The molecule has 2 heteroatoms. The van der Waals surface area contributed by atoms with Crippen LogP contribution in [0, 0.1) is 29.1 Å². The summed E-state index contributed by atoms with van der Waals surface area (Å²) in [5.74, 6) is 3.27. The molecule has 6 atom stereocenters. The third kappa shape index (κ3) is 4.25. The molecule has 6 aliphatic carbocycles. The second-order valence-corrected chi connectivity index (χ2v) is 22.7. The second-order valence-electron chi connectivity index (χ2n) is 21.6. The molecule has 2 spiro atoms. The Hall–Kier alpha value is -4.53. The summed E-state index contributed by atoms with van der Waals surface area (Å²) in [6, 6.07) is 50.1. The minimum Gasteiger partial charge on any atom is -0.310 e. The third-order valence-electron chi connectivity index (χ3n) is 17.8. The number of anilines is 3. The van der Waals surface area contributed by atoms with Crippen molar-refractivity contribution in [2.75, 3.05) is 4.90 Å². The predicted octanol–water partition coefficient (Wildman–Crippen LogP) is 15.3. The van der Waals surface area contributed by atoms with Crippen molar-refractivity contribution >= 4 is 28.8 Å². The molecule has 0 amide bonds. The Morgan fingerprint density at radius 2 is 1.20 bits per heavy atom. The zero-order valence-corrected chi connectivity index (χ0v) is 36.3. The van der Waals surface area contributed by atoms with Crippen LogP contribution in [0.4, 0.5) is 17.1 Å². The molecule has 59 heavy (non-hydrogen) atoms. The maximum atomic E-state index is 2.73. The molecule has 4 saturated carbocycles. The minimum absolute atomic E-state index is 0.0364. The Morgan fingerprint density at radius 3 is 2.03 bits per heavy atom. The van der Waals surface area contributed by atoms with E-state index < -0.39 is 0 Å². The fraction of sp³-hybridized carbons (Fsp3) is 0.368. The van der Waals surface area contributed by atoms with Crippen molar-refractivity contribution < 1.29 is 0 Å². The Labute approximate surface area is 355 Å². The third-order valence-corrected chi connectivity index (χ3v) is 18.9. The van der Waals surface area contributed by atoms with Crippen LogP contribution in [0.1, 0.15) is 113 Å². The summed E-state index contributed by atoms with van der Waals surface area (Å²) in [5, 5.41) is 0. The molecule has 4 fully saturated rings. The highest BCUT2D eigenvalue weighted by Gasteiger charge is 2.84. The van der Waals surface area contributed by atoms with E-state index in [1.165, 1.54) is 110 Å². The first-order valence-electron chi connectivity index (χ1n) is 22.6. The zero-order chi connectivity index (χ0) is 39.8. The fourth-order valence-corrected chi connectivity index (χ4v) is 16.6. The zero-order valence-electron chi connectivity index (χ0n) is 35.5. The van der Waals surface area contributed by atoms with Gasteiger partial charge in [0.2, 0.25) is 0 Å². The van der Waals surface area contributed by atoms with Crippen molar-refractivity contribution in [3.8, 4) is 22.3 Å². The average molecular weight is 786 g/mol. The van der Waals surface area contributed by atoms with Crippen molar-refractivity contribution in [1.29, 1.82) is 0 Å². The fourth-order valence-electron chi connectivity index (χ4n) is 15.3. The first kappa shape index (κ1) is 35.2. The molecule has 6 aromatic rings. The van der Waals surface area contributed by atoms with E-state index in [0.717, 1.165) is 11.8 Å². The summed E-state index contributed by atoms with van der Waals surface area (Å²) < 4.78 is 0. The highest BCUT2D eigenvalue weighted by molar-refractivity contribution is 7.99. The number of hydrogen-bond acceptors (Lipinski definition) is 2. The van der Waals surface area contributed by atoms with E-state index in [0.29, 0.717) is 17.3 Å². The molecule has 13 rings (SSSR count). The summed E-state index contributed by atoms with van der Waals surface area (Å²) in [5.41, 5.74) is 19.4. The van der Waals surface area contributed by atoms with Crippen LogP contribution in [-0.4, -0.2) is 0 Å². The molecule has 1 heterocycles. The molecule has 1 aliphatic heterocycles. The van der Waals surface area contributed by atoms with Gasteiger partial charge in [-0.05, 0) is 177 Å². The molecular weight excluding hydrogens is 731 g/mol. The lowest BCUT2D eigenvalue weighted by Gasteiger charge is -2.78. The molecule has 0 N–H and O–H groups in total. The minimum atomic E-state index is -0.0815. The Bertz CT molecular complexity index is 2790. The molecular formula is C57H55NS. The van der Waals surface area contributed by atoms with Crippen LogP contribution < -0.4 is 4.90 Å². The molecule has 1 nitrogen and oxygen atoms in total. The largest absolute Gasteiger partial charge is 0.310 e. The van der Waals surface area contributed by atoms with Gasteiger partial charge in [-0.2, -0.15) is 0 Å². The van der Waals surface area contributed by atoms with E-state index >= 15 is 0 Å². The first-order valence-corrected chi connectivity index (χ1v) is 23.5. The smallest absolute Gasteiger partial charge is 0.0502 e. The van der Waals surface area contributed by atoms with E-state index in [9.17, 15) is 0 Å². The lowest BCUT2D eigenvalue weighted by molar-refractivity contribution is -0.234. The van der Waals surface area contributed by atoms with Crippen LogP contribution in [0.3, 0.4) is 0 Å². The molecule has 2 bridgehead atoms. The topological polar surface area (TPSA) is 3.24 Å². The number of hydrogen-bond donors (Lipinski definition) is 0. The van der Waals surface area contributed by atoms with Gasteiger partial charge in [-0.3, -0.25) is 0 Å². The Balaban J connectivity index is 1.07. The first-order chi connectivity index (χ1) is 28.4. The van der Waals surface area contributed by atoms with Gasteiger partial charge in [-0.15, -0.1) is 0 Å². The van der Waals surface area contributed by atoms with Gasteiger partial charge in [0.05, 0.1) is 5.69 Å². The molecule has 7 aliphatic rings. The Morgan fingerprint density at radius 1 is 0.525 bits per heavy atom. The van der Waals surface area contributed by atoms with Crippen LogP contribution in [-0.2, 0) is 21.7 Å². The summed E-state index contributed by atoms with van der Waals surface area (Å²) in [7, 11) is 0. The van der Waals surface area contributed by atoms with E-state index in [1.54, 1.807) is 11.1 Å². The molecule has 0 aromatic heterocycles. The van der Waals surface area contributed by atoms with Gasteiger partial charge in [0.1, 0.15) is 0 Å². The number of rotatable bonds is 4. The van der Waals surface area contributed by atoms with Gasteiger partial charge in [0.25, 0.3) is 0 Å². The van der Waals surface area contributed by atoms with E-state index in [1.807, 2.05) is 11.8 Å². The highest BCUT2D eigenvalue weighted by atomic mass is 32.2.